The van der Waals surface area contributed by atoms with E-state index in [-0.39, 0.29) is 0 Å². The molecule has 1 nitrogen and oxygen atoms in total. The molecule has 0 unspecified atom stereocenters. The fraction of sp³-hybridized carbons (Fsp3) is 0.750. The summed E-state index contributed by atoms with van der Waals surface area (Å²) >= 11 is 4.16. The largest absolute Gasteiger partial charge is 0.508 e. The monoisotopic (exact) mass is 410 g/mol. The lowest BCUT2D eigenvalue weighted by molar-refractivity contribution is 0.474. The number of thioether (sulfide) groups is 2. The summed E-state index contributed by atoms with van der Waals surface area (Å²) in [5.41, 5.74) is 2.45. The molecule has 1 aromatic rings. The molecule has 3 heteroatoms. The summed E-state index contributed by atoms with van der Waals surface area (Å²) in [6.07, 6.45) is 16.3. The zero-order chi connectivity index (χ0) is 19.7. The molecule has 0 bridgehead atoms. The number of aromatic hydroxyl groups is 1. The van der Waals surface area contributed by atoms with Crippen LogP contribution in [0.5, 0.6) is 5.75 Å². The van der Waals surface area contributed by atoms with Crippen molar-refractivity contribution in [2.45, 2.75) is 102 Å². The molecule has 0 heterocycles. The van der Waals surface area contributed by atoms with Crippen LogP contribution in [0.15, 0.2) is 18.2 Å². The summed E-state index contributed by atoms with van der Waals surface area (Å²) in [5.74, 6) is 2.87. The van der Waals surface area contributed by atoms with Crippen LogP contribution in [-0.4, -0.2) is 16.6 Å². The molecular formula is C24H42OS2. The summed E-state index contributed by atoms with van der Waals surface area (Å²) in [5, 5.41) is 10.0. The molecule has 27 heavy (non-hydrogen) atoms. The van der Waals surface area contributed by atoms with Gasteiger partial charge in [0.15, 0.2) is 0 Å². The third-order valence-electron chi connectivity index (χ3n) is 4.89. The van der Waals surface area contributed by atoms with Crippen molar-refractivity contribution < 1.29 is 5.11 Å². The average Bonchev–Trinajstić information content (AvgIpc) is 2.64. The van der Waals surface area contributed by atoms with Crippen molar-refractivity contribution in [3.8, 4) is 5.75 Å². The highest BCUT2D eigenvalue weighted by atomic mass is 32.2. The SMILES string of the molecule is CCCCCCCCSC(SCCCCCCCC)c1cc(C)cc(O)c1. The van der Waals surface area contributed by atoms with Gasteiger partial charge in [0.05, 0.1) is 4.58 Å². The van der Waals surface area contributed by atoms with Crippen molar-refractivity contribution in [2.75, 3.05) is 11.5 Å². The van der Waals surface area contributed by atoms with Crippen LogP contribution in [0, 0.1) is 6.92 Å². The number of phenolic OH excluding ortho intramolecular Hbond substituents is 1. The van der Waals surface area contributed by atoms with Gasteiger partial charge in [0, 0.05) is 0 Å². The minimum Gasteiger partial charge on any atom is -0.508 e. The summed E-state index contributed by atoms with van der Waals surface area (Å²) < 4.78 is 0.460. The number of hydrogen-bond acceptors (Lipinski definition) is 3. The molecule has 0 aliphatic heterocycles. The molecule has 1 N–H and O–H groups in total. The van der Waals surface area contributed by atoms with E-state index in [4.69, 9.17) is 0 Å². The van der Waals surface area contributed by atoms with Crippen LogP contribution >= 0.6 is 23.5 Å². The quantitative estimate of drug-likeness (QED) is 0.204. The summed E-state index contributed by atoms with van der Waals surface area (Å²) in [7, 11) is 0. The Kier molecular flexibility index (Phi) is 15.3. The predicted molar refractivity (Wildman–Crippen MR) is 127 cm³/mol. The molecule has 1 aromatic carbocycles. The third-order valence-corrected chi connectivity index (χ3v) is 7.91. The van der Waals surface area contributed by atoms with E-state index in [9.17, 15) is 5.11 Å². The average molecular weight is 411 g/mol. The highest BCUT2D eigenvalue weighted by Crippen LogP contribution is 2.41. The van der Waals surface area contributed by atoms with Gasteiger partial charge in [-0.25, -0.2) is 0 Å². The standard InChI is InChI=1S/C24H42OS2/c1-4-6-8-10-12-14-16-26-24(22-18-21(3)19-23(25)20-22)27-17-15-13-11-9-7-5-2/h18-20,24-25H,4-17H2,1-3H3. The Morgan fingerprint density at radius 2 is 1.19 bits per heavy atom. The van der Waals surface area contributed by atoms with Crippen molar-refractivity contribution in [3.63, 3.8) is 0 Å². The molecule has 0 saturated carbocycles. The van der Waals surface area contributed by atoms with Gasteiger partial charge in [0.2, 0.25) is 0 Å². The van der Waals surface area contributed by atoms with Crippen LogP contribution < -0.4 is 0 Å². The first kappa shape index (κ1) is 24.8. The topological polar surface area (TPSA) is 20.2 Å². The van der Waals surface area contributed by atoms with Gasteiger partial charge in [-0.05, 0) is 54.5 Å². The zero-order valence-corrected chi connectivity index (χ0v) is 19.6. The zero-order valence-electron chi connectivity index (χ0n) is 18.0. The van der Waals surface area contributed by atoms with Crippen LogP contribution in [0.2, 0.25) is 0 Å². The Balaban J connectivity index is 2.39. The first-order chi connectivity index (χ1) is 13.2. The van der Waals surface area contributed by atoms with E-state index in [0.29, 0.717) is 10.3 Å². The summed E-state index contributed by atoms with van der Waals surface area (Å²) in [6.45, 7) is 6.63. The minimum atomic E-state index is 0.412. The first-order valence-electron chi connectivity index (χ1n) is 11.2. The van der Waals surface area contributed by atoms with Crippen molar-refractivity contribution in [3.05, 3.63) is 29.3 Å². The molecule has 1 rings (SSSR count). The Labute approximate surface area is 177 Å². The van der Waals surface area contributed by atoms with E-state index >= 15 is 0 Å². The van der Waals surface area contributed by atoms with E-state index in [2.05, 4.69) is 50.4 Å². The van der Waals surface area contributed by atoms with Gasteiger partial charge in [-0.15, -0.1) is 23.5 Å². The van der Waals surface area contributed by atoms with Gasteiger partial charge in [-0.2, -0.15) is 0 Å². The molecule has 0 amide bonds. The first-order valence-corrected chi connectivity index (χ1v) is 13.3. The number of phenols is 1. The fourth-order valence-corrected chi connectivity index (χ4v) is 6.10. The molecule has 156 valence electrons. The third kappa shape index (κ3) is 12.7. The lowest BCUT2D eigenvalue weighted by Gasteiger charge is -2.18. The minimum absolute atomic E-state index is 0.412. The van der Waals surface area contributed by atoms with Crippen molar-refractivity contribution in [1.82, 2.24) is 0 Å². The second-order valence-corrected chi connectivity index (χ2v) is 10.4. The molecule has 0 atom stereocenters. The second-order valence-electron chi connectivity index (χ2n) is 7.71. The fourth-order valence-electron chi connectivity index (χ4n) is 3.31. The highest BCUT2D eigenvalue weighted by molar-refractivity contribution is 8.16. The number of hydrogen-bond donors (Lipinski definition) is 1. The number of benzene rings is 1. The lowest BCUT2D eigenvalue weighted by atomic mass is 10.1. The Hall–Kier alpha value is -0.280. The van der Waals surface area contributed by atoms with Crippen LogP contribution in [0.4, 0.5) is 0 Å². The lowest BCUT2D eigenvalue weighted by Crippen LogP contribution is -1.95. The van der Waals surface area contributed by atoms with Crippen molar-refractivity contribution >= 4 is 23.5 Å². The molecular weight excluding hydrogens is 368 g/mol. The number of aryl methyl sites for hydroxylation is 1. The molecule has 0 radical (unpaired) electrons. The Morgan fingerprint density at radius 1 is 0.704 bits per heavy atom. The number of unbranched alkanes of at least 4 members (excludes halogenated alkanes) is 10. The van der Waals surface area contributed by atoms with Crippen LogP contribution in [0.3, 0.4) is 0 Å². The van der Waals surface area contributed by atoms with Crippen LogP contribution in [0.25, 0.3) is 0 Å². The molecule has 0 saturated heterocycles. The number of rotatable bonds is 17. The highest BCUT2D eigenvalue weighted by Gasteiger charge is 2.14. The molecule has 0 fully saturated rings. The summed E-state index contributed by atoms with van der Waals surface area (Å²) in [6, 6.07) is 6.09. The van der Waals surface area contributed by atoms with Gasteiger partial charge < -0.3 is 5.11 Å². The van der Waals surface area contributed by atoms with Crippen molar-refractivity contribution in [2.24, 2.45) is 0 Å². The maximum absolute atomic E-state index is 10.0. The molecule has 0 spiro atoms. The maximum atomic E-state index is 10.0. The van der Waals surface area contributed by atoms with Gasteiger partial charge >= 0.3 is 0 Å². The van der Waals surface area contributed by atoms with Crippen LogP contribution in [-0.2, 0) is 0 Å². The molecule has 0 aliphatic rings. The van der Waals surface area contributed by atoms with Crippen molar-refractivity contribution in [1.29, 1.82) is 0 Å². The van der Waals surface area contributed by atoms with E-state index in [1.165, 1.54) is 94.1 Å². The Morgan fingerprint density at radius 3 is 1.67 bits per heavy atom. The second kappa shape index (κ2) is 16.7. The van der Waals surface area contributed by atoms with Gasteiger partial charge in [-0.3, -0.25) is 0 Å². The van der Waals surface area contributed by atoms with E-state index in [1.54, 1.807) is 0 Å². The maximum Gasteiger partial charge on any atom is 0.116 e. The molecule has 0 aromatic heterocycles. The van der Waals surface area contributed by atoms with Crippen LogP contribution in [0.1, 0.15) is 107 Å². The van der Waals surface area contributed by atoms with E-state index in [0.717, 1.165) is 5.56 Å². The van der Waals surface area contributed by atoms with Gasteiger partial charge in [0.1, 0.15) is 5.75 Å². The predicted octanol–water partition coefficient (Wildman–Crippen LogP) is 8.89. The molecule has 0 aliphatic carbocycles. The van der Waals surface area contributed by atoms with E-state index in [1.807, 2.05) is 12.1 Å². The normalized spacial score (nSPS) is 11.4. The smallest absolute Gasteiger partial charge is 0.116 e. The van der Waals surface area contributed by atoms with E-state index < -0.39 is 0 Å². The summed E-state index contributed by atoms with van der Waals surface area (Å²) in [4.78, 5) is 0. The van der Waals surface area contributed by atoms with Gasteiger partial charge in [-0.1, -0.05) is 84.1 Å². The Bertz CT molecular complexity index is 437. The van der Waals surface area contributed by atoms with Gasteiger partial charge in [0.25, 0.3) is 0 Å².